The fraction of sp³-hybridized carbons (Fsp3) is 0.306. The summed E-state index contributed by atoms with van der Waals surface area (Å²) in [6.07, 6.45) is 6.85. The molecule has 0 amide bonds. The molecule has 1 N–H and O–H groups in total. The van der Waals surface area contributed by atoms with Crippen molar-refractivity contribution < 1.29 is 37.6 Å². The second-order valence-electron chi connectivity index (χ2n) is 11.6. The van der Waals surface area contributed by atoms with Crippen LogP contribution in [0.5, 0.6) is 0 Å². The largest absolute Gasteiger partial charge is 0.382 e. The van der Waals surface area contributed by atoms with Crippen LogP contribution in [-0.4, -0.2) is 76.9 Å². The molecule has 2 fully saturated rings. The highest BCUT2D eigenvalue weighted by atomic mass is 79.9. The fourth-order valence-electron chi connectivity index (χ4n) is 5.67. The number of nitrogens with zero attached hydrogens (tertiary/aromatic N) is 8. The monoisotopic (exact) mass is 872 g/mol. The molecule has 54 heavy (non-hydrogen) atoms. The molecule has 18 heteroatoms. The maximum Gasteiger partial charge on any atom is 0.186 e. The minimum atomic E-state index is -0.967. The zero-order valence-corrected chi connectivity index (χ0v) is 32.3. The van der Waals surface area contributed by atoms with Crippen LogP contribution in [0.4, 0.5) is 8.78 Å². The molecule has 0 bridgehead atoms. The van der Waals surface area contributed by atoms with Crippen molar-refractivity contribution in [2.45, 2.75) is 45.6 Å². The molecule has 0 spiro atoms. The third-order valence-corrected chi connectivity index (χ3v) is 10.0. The fourth-order valence-corrected chi connectivity index (χ4v) is 6.87. The van der Waals surface area contributed by atoms with Gasteiger partial charge in [-0.1, -0.05) is 0 Å². The molecule has 6 heterocycles. The number of aldehydes is 1. The normalized spacial score (nSPS) is 15.1. The lowest BCUT2D eigenvalue weighted by molar-refractivity contribution is -0.0445. The summed E-state index contributed by atoms with van der Waals surface area (Å²) >= 11 is 6.72. The zero-order chi connectivity index (χ0) is 38.2. The number of halogens is 4. The SMILES string of the molecule is CCn1ncc(C(O)c2ccnn2-c2ccc(F)cc2C2OCCO2)c1Br.CCn1ncc(C=O)c1Br.Fc1ccc(-n2cccn2)c(C2OCCO2)c1. The van der Waals surface area contributed by atoms with Gasteiger partial charge in [-0.15, -0.1) is 0 Å². The molecule has 1 atom stereocenters. The van der Waals surface area contributed by atoms with Gasteiger partial charge in [-0.3, -0.25) is 14.2 Å². The Morgan fingerprint density at radius 2 is 1.37 bits per heavy atom. The first-order valence-electron chi connectivity index (χ1n) is 16.9. The van der Waals surface area contributed by atoms with E-state index in [1.165, 1.54) is 24.3 Å². The van der Waals surface area contributed by atoms with Crippen molar-refractivity contribution in [2.75, 3.05) is 26.4 Å². The molecule has 0 saturated carbocycles. The summed E-state index contributed by atoms with van der Waals surface area (Å²) in [5.41, 5.74) is 4.28. The van der Waals surface area contributed by atoms with Crippen molar-refractivity contribution in [1.29, 1.82) is 0 Å². The molecule has 1 unspecified atom stereocenters. The van der Waals surface area contributed by atoms with E-state index >= 15 is 0 Å². The van der Waals surface area contributed by atoms with Crippen molar-refractivity contribution in [3.8, 4) is 11.4 Å². The van der Waals surface area contributed by atoms with E-state index < -0.39 is 24.5 Å². The maximum atomic E-state index is 13.9. The first-order valence-corrected chi connectivity index (χ1v) is 18.5. The molecule has 2 aliphatic rings. The van der Waals surface area contributed by atoms with E-state index in [1.807, 2.05) is 19.9 Å². The van der Waals surface area contributed by atoms with Crippen molar-refractivity contribution in [3.63, 3.8) is 0 Å². The van der Waals surface area contributed by atoms with E-state index in [1.54, 1.807) is 67.9 Å². The van der Waals surface area contributed by atoms with Crippen LogP contribution in [-0.2, 0) is 32.0 Å². The third-order valence-electron chi connectivity index (χ3n) is 8.28. The highest BCUT2D eigenvalue weighted by Gasteiger charge is 2.27. The Morgan fingerprint density at radius 3 is 1.89 bits per heavy atom. The van der Waals surface area contributed by atoms with E-state index in [9.17, 15) is 18.7 Å². The predicted octanol–water partition coefficient (Wildman–Crippen LogP) is 6.65. The average Bonchev–Trinajstić information content (AvgIpc) is 4.03. The molecule has 2 saturated heterocycles. The van der Waals surface area contributed by atoms with Gasteiger partial charge >= 0.3 is 0 Å². The van der Waals surface area contributed by atoms with Gasteiger partial charge in [0.15, 0.2) is 18.9 Å². The second-order valence-corrected chi connectivity index (χ2v) is 13.1. The lowest BCUT2D eigenvalue weighted by Gasteiger charge is -2.18. The highest BCUT2D eigenvalue weighted by molar-refractivity contribution is 9.10. The Bertz CT molecular complexity index is 2150. The number of ether oxygens (including phenoxy) is 4. The number of carbonyl (C=O) groups is 1. The highest BCUT2D eigenvalue weighted by Crippen LogP contribution is 2.34. The molecular formula is C36H36Br2F2N8O6. The van der Waals surface area contributed by atoms with Crippen molar-refractivity contribution in [2.24, 2.45) is 0 Å². The molecule has 2 aromatic carbocycles. The van der Waals surface area contributed by atoms with Gasteiger partial charge in [0.25, 0.3) is 0 Å². The number of hydrogen-bond donors (Lipinski definition) is 1. The molecule has 4 aromatic heterocycles. The van der Waals surface area contributed by atoms with Gasteiger partial charge < -0.3 is 24.1 Å². The predicted molar refractivity (Wildman–Crippen MR) is 197 cm³/mol. The second kappa shape index (κ2) is 18.3. The minimum Gasteiger partial charge on any atom is -0.382 e. The Labute approximate surface area is 325 Å². The molecular weight excluding hydrogens is 838 g/mol. The van der Waals surface area contributed by atoms with E-state index in [2.05, 4.69) is 52.3 Å². The van der Waals surface area contributed by atoms with Crippen LogP contribution in [0.15, 0.2) is 88.7 Å². The van der Waals surface area contributed by atoms with Crippen LogP contribution in [0.1, 0.15) is 65.3 Å². The summed E-state index contributed by atoms with van der Waals surface area (Å²) in [4.78, 5) is 10.3. The summed E-state index contributed by atoms with van der Waals surface area (Å²) < 4.78 is 57.2. The average molecular weight is 875 g/mol. The topological polar surface area (TPSA) is 146 Å². The lowest BCUT2D eigenvalue weighted by atomic mass is 10.1. The Morgan fingerprint density at radius 1 is 0.796 bits per heavy atom. The zero-order valence-electron chi connectivity index (χ0n) is 29.1. The van der Waals surface area contributed by atoms with E-state index in [0.29, 0.717) is 71.2 Å². The number of hydrogen-bond acceptors (Lipinski definition) is 10. The summed E-state index contributed by atoms with van der Waals surface area (Å²) in [6, 6.07) is 12.3. The molecule has 14 nitrogen and oxygen atoms in total. The standard InChI is InChI=1S/C18H18BrFN4O3.C12H11FN2O2.C6H7BrN2O/c1-2-23-17(19)13(10-22-23)16(25)15-5-6-21-24(15)14-4-3-11(20)9-12(14)18-26-7-8-27-18;13-9-2-3-11(15-5-1-4-14-15)10(8-9)12-16-6-7-17-12;1-2-9-6(7)5(4-10)3-8-9/h3-6,9-10,16,18,25H,2,7-8H2,1H3;1-5,8,12H,6-7H2;3-4H,2H2,1H3. The van der Waals surface area contributed by atoms with Crippen molar-refractivity contribution in [1.82, 2.24) is 39.1 Å². The van der Waals surface area contributed by atoms with E-state index in [-0.39, 0.29) is 5.82 Å². The van der Waals surface area contributed by atoms with Gasteiger partial charge in [-0.05, 0) is 94.2 Å². The van der Waals surface area contributed by atoms with Crippen LogP contribution in [0.25, 0.3) is 11.4 Å². The van der Waals surface area contributed by atoms with Crippen molar-refractivity contribution >= 4 is 38.1 Å². The minimum absolute atomic E-state index is 0.310. The van der Waals surface area contributed by atoms with Crippen molar-refractivity contribution in [3.05, 3.63) is 128 Å². The van der Waals surface area contributed by atoms with Crippen LogP contribution in [0, 0.1) is 11.6 Å². The van der Waals surface area contributed by atoms with Gasteiger partial charge in [-0.2, -0.15) is 20.4 Å². The Kier molecular flexibility index (Phi) is 13.3. The van der Waals surface area contributed by atoms with Gasteiger partial charge in [0, 0.05) is 48.4 Å². The summed E-state index contributed by atoms with van der Waals surface area (Å²) in [5, 5.41) is 27.6. The van der Waals surface area contributed by atoms with Crippen LogP contribution in [0.3, 0.4) is 0 Å². The molecule has 8 rings (SSSR count). The number of carbonyl (C=O) groups excluding carboxylic acids is 1. The van der Waals surface area contributed by atoms with Crippen LogP contribution < -0.4 is 0 Å². The number of aromatic nitrogens is 8. The molecule has 284 valence electrons. The lowest BCUT2D eigenvalue weighted by Crippen LogP contribution is -2.13. The summed E-state index contributed by atoms with van der Waals surface area (Å²) in [6.45, 7) is 7.31. The molecule has 0 radical (unpaired) electrons. The summed E-state index contributed by atoms with van der Waals surface area (Å²) in [5.74, 6) is -0.705. The first-order chi connectivity index (χ1) is 26.2. The number of aliphatic hydroxyl groups is 1. The number of aliphatic hydroxyl groups excluding tert-OH is 1. The third kappa shape index (κ3) is 8.75. The maximum absolute atomic E-state index is 13.9. The van der Waals surface area contributed by atoms with E-state index in [0.717, 1.165) is 23.1 Å². The molecule has 6 aromatic rings. The first kappa shape index (κ1) is 39.3. The molecule has 0 aliphatic carbocycles. The van der Waals surface area contributed by atoms with Crippen LogP contribution >= 0.6 is 31.9 Å². The Balaban J connectivity index is 0.000000156. The van der Waals surface area contributed by atoms with Crippen LogP contribution in [0.2, 0.25) is 0 Å². The van der Waals surface area contributed by atoms with E-state index in [4.69, 9.17) is 18.9 Å². The number of rotatable bonds is 9. The van der Waals surface area contributed by atoms with Gasteiger partial charge in [0.05, 0.1) is 61.5 Å². The molecule has 2 aliphatic heterocycles. The Hall–Kier alpha value is -4.43. The van der Waals surface area contributed by atoms with Gasteiger partial charge in [0.1, 0.15) is 26.9 Å². The number of aryl methyl sites for hydroxylation is 2. The summed E-state index contributed by atoms with van der Waals surface area (Å²) in [7, 11) is 0. The van der Waals surface area contributed by atoms with Gasteiger partial charge in [-0.25, -0.2) is 18.1 Å². The number of benzene rings is 2. The smallest absolute Gasteiger partial charge is 0.186 e. The quantitative estimate of drug-likeness (QED) is 0.157. The van der Waals surface area contributed by atoms with Gasteiger partial charge in [0.2, 0.25) is 0 Å².